The summed E-state index contributed by atoms with van der Waals surface area (Å²) >= 11 is 11.5. The molecule has 0 fully saturated rings. The molecular weight excluding hydrogens is 241 g/mol. The summed E-state index contributed by atoms with van der Waals surface area (Å²) in [4.78, 5) is 17.7. The highest BCUT2D eigenvalue weighted by molar-refractivity contribution is 6.36. The van der Waals surface area contributed by atoms with Crippen LogP contribution in [0.3, 0.4) is 0 Å². The molecule has 0 N–H and O–H groups in total. The Balaban J connectivity index is 2.83. The lowest BCUT2D eigenvalue weighted by Crippen LogP contribution is -1.91. The van der Waals surface area contributed by atoms with E-state index in [4.69, 9.17) is 23.2 Å². The lowest BCUT2D eigenvalue weighted by atomic mass is 10.2. The molecule has 0 atom stereocenters. The van der Waals surface area contributed by atoms with Crippen molar-refractivity contribution in [3.63, 3.8) is 0 Å². The van der Waals surface area contributed by atoms with E-state index in [2.05, 4.69) is 9.97 Å². The van der Waals surface area contributed by atoms with Crippen LogP contribution in [0.1, 0.15) is 0 Å². The van der Waals surface area contributed by atoms with E-state index in [9.17, 15) is 10.1 Å². The van der Waals surface area contributed by atoms with Crippen LogP contribution in [0.25, 0.3) is 10.9 Å². The van der Waals surface area contributed by atoms with Crippen molar-refractivity contribution in [2.45, 2.75) is 0 Å². The van der Waals surface area contributed by atoms with Gasteiger partial charge in [0.2, 0.25) is 0 Å². The third kappa shape index (κ3) is 1.71. The molecule has 1 aromatic carbocycles. The average molecular weight is 244 g/mol. The van der Waals surface area contributed by atoms with E-state index in [1.165, 1.54) is 18.5 Å². The zero-order chi connectivity index (χ0) is 11.0. The summed E-state index contributed by atoms with van der Waals surface area (Å²) in [5.41, 5.74) is 0.270. The molecule has 2 rings (SSSR count). The van der Waals surface area contributed by atoms with E-state index >= 15 is 0 Å². The Morgan fingerprint density at radius 1 is 1.27 bits per heavy atom. The van der Waals surface area contributed by atoms with Gasteiger partial charge in [-0.3, -0.25) is 10.1 Å². The first-order valence-electron chi connectivity index (χ1n) is 3.84. The van der Waals surface area contributed by atoms with Crippen molar-refractivity contribution in [1.82, 2.24) is 9.97 Å². The van der Waals surface area contributed by atoms with Gasteiger partial charge in [-0.1, -0.05) is 23.2 Å². The van der Waals surface area contributed by atoms with Crippen molar-refractivity contribution >= 4 is 39.8 Å². The summed E-state index contributed by atoms with van der Waals surface area (Å²) in [5, 5.41) is 11.2. The van der Waals surface area contributed by atoms with Crippen molar-refractivity contribution < 1.29 is 4.92 Å². The topological polar surface area (TPSA) is 68.9 Å². The largest absolute Gasteiger partial charge is 0.288 e. The third-order valence-corrected chi connectivity index (χ3v) is 2.46. The van der Waals surface area contributed by atoms with Gasteiger partial charge in [0.25, 0.3) is 5.69 Å². The molecule has 0 spiro atoms. The number of rotatable bonds is 1. The molecule has 0 aliphatic heterocycles. The Kier molecular flexibility index (Phi) is 2.42. The van der Waals surface area contributed by atoms with Crippen molar-refractivity contribution in [2.24, 2.45) is 0 Å². The van der Waals surface area contributed by atoms with Gasteiger partial charge in [0.05, 0.1) is 10.4 Å². The Morgan fingerprint density at radius 2 is 2.00 bits per heavy atom. The quantitative estimate of drug-likeness (QED) is 0.439. The maximum atomic E-state index is 10.6. The number of hydrogen-bond donors (Lipinski definition) is 0. The van der Waals surface area contributed by atoms with Gasteiger partial charge in [0.15, 0.2) is 0 Å². The predicted octanol–water partition coefficient (Wildman–Crippen LogP) is 2.84. The van der Waals surface area contributed by atoms with Gasteiger partial charge in [-0.2, -0.15) is 0 Å². The summed E-state index contributed by atoms with van der Waals surface area (Å²) in [7, 11) is 0. The molecule has 0 saturated heterocycles. The van der Waals surface area contributed by atoms with Crippen LogP contribution in [-0.4, -0.2) is 14.9 Å². The normalized spacial score (nSPS) is 10.5. The fourth-order valence-electron chi connectivity index (χ4n) is 1.17. The Hall–Kier alpha value is -1.46. The fourth-order valence-corrected chi connectivity index (χ4v) is 1.60. The molecular formula is C8H3Cl2N3O2. The van der Waals surface area contributed by atoms with E-state index in [-0.39, 0.29) is 15.9 Å². The molecule has 76 valence electrons. The molecule has 0 radical (unpaired) electrons. The number of fused-ring (bicyclic) bond motifs is 1. The van der Waals surface area contributed by atoms with E-state index in [1.54, 1.807) is 0 Å². The van der Waals surface area contributed by atoms with Gasteiger partial charge >= 0.3 is 0 Å². The number of nitrogens with zero attached hydrogens (tertiary/aromatic N) is 3. The average Bonchev–Trinajstić information content (AvgIpc) is 2.16. The minimum absolute atomic E-state index is 0.0299. The molecule has 1 aromatic heterocycles. The molecule has 0 saturated carbocycles. The van der Waals surface area contributed by atoms with Crippen LogP contribution in [0.4, 0.5) is 5.69 Å². The number of aromatic nitrogens is 2. The monoisotopic (exact) mass is 243 g/mol. The van der Waals surface area contributed by atoms with Gasteiger partial charge in [-0.05, 0) is 6.07 Å². The maximum absolute atomic E-state index is 10.6. The smallest absolute Gasteiger partial charge is 0.258 e. The SMILES string of the molecule is O=[N+]([O-])c1cc2c(Cl)ncnc2cc1Cl. The first-order chi connectivity index (χ1) is 7.09. The highest BCUT2D eigenvalue weighted by atomic mass is 35.5. The summed E-state index contributed by atoms with van der Waals surface area (Å²) in [6.45, 7) is 0. The lowest BCUT2D eigenvalue weighted by Gasteiger charge is -2.00. The van der Waals surface area contributed by atoms with Crippen molar-refractivity contribution in [1.29, 1.82) is 0 Å². The molecule has 0 bridgehead atoms. The molecule has 0 aliphatic rings. The van der Waals surface area contributed by atoms with Crippen LogP contribution < -0.4 is 0 Å². The van der Waals surface area contributed by atoms with Gasteiger partial charge in [-0.25, -0.2) is 9.97 Å². The summed E-state index contributed by atoms with van der Waals surface area (Å²) < 4.78 is 0. The number of benzene rings is 1. The van der Waals surface area contributed by atoms with Crippen LogP contribution >= 0.6 is 23.2 Å². The Bertz CT molecular complexity index is 559. The summed E-state index contributed by atoms with van der Waals surface area (Å²) in [6, 6.07) is 2.66. The van der Waals surface area contributed by atoms with E-state index in [1.807, 2.05) is 0 Å². The zero-order valence-corrected chi connectivity index (χ0v) is 8.66. The second kappa shape index (κ2) is 3.60. The van der Waals surface area contributed by atoms with Gasteiger partial charge in [-0.15, -0.1) is 0 Å². The lowest BCUT2D eigenvalue weighted by molar-refractivity contribution is -0.384. The standard InChI is InChI=1S/C8H3Cl2N3O2/c9-5-2-6-4(1-7(5)13(14)15)8(10)12-3-11-6/h1-3H. The minimum Gasteiger partial charge on any atom is -0.258 e. The number of halogens is 2. The molecule has 15 heavy (non-hydrogen) atoms. The minimum atomic E-state index is -0.578. The van der Waals surface area contributed by atoms with Crippen LogP contribution in [-0.2, 0) is 0 Å². The van der Waals surface area contributed by atoms with Crippen LogP contribution in [0.2, 0.25) is 10.2 Å². The molecule has 7 heteroatoms. The highest BCUT2D eigenvalue weighted by Gasteiger charge is 2.15. The predicted molar refractivity (Wildman–Crippen MR) is 56.2 cm³/mol. The molecule has 0 amide bonds. The fraction of sp³-hybridized carbons (Fsp3) is 0. The van der Waals surface area contributed by atoms with Gasteiger partial charge in [0.1, 0.15) is 16.5 Å². The van der Waals surface area contributed by atoms with Crippen LogP contribution in [0, 0.1) is 10.1 Å². The van der Waals surface area contributed by atoms with Crippen molar-refractivity contribution in [3.8, 4) is 0 Å². The van der Waals surface area contributed by atoms with Gasteiger partial charge in [0, 0.05) is 11.5 Å². The first-order valence-corrected chi connectivity index (χ1v) is 4.59. The van der Waals surface area contributed by atoms with Crippen molar-refractivity contribution in [3.05, 3.63) is 38.8 Å². The first kappa shape index (κ1) is 10.1. The van der Waals surface area contributed by atoms with Gasteiger partial charge < -0.3 is 0 Å². The van der Waals surface area contributed by atoms with Crippen LogP contribution in [0.15, 0.2) is 18.5 Å². The summed E-state index contributed by atoms with van der Waals surface area (Å²) in [5.74, 6) is 0. The third-order valence-electron chi connectivity index (χ3n) is 1.85. The van der Waals surface area contributed by atoms with E-state index in [0.29, 0.717) is 10.9 Å². The molecule has 0 aliphatic carbocycles. The molecule has 2 aromatic rings. The molecule has 5 nitrogen and oxygen atoms in total. The number of nitro groups is 1. The number of nitro benzene ring substituents is 1. The number of hydrogen-bond acceptors (Lipinski definition) is 4. The van der Waals surface area contributed by atoms with E-state index in [0.717, 1.165) is 0 Å². The molecule has 0 unspecified atom stereocenters. The zero-order valence-electron chi connectivity index (χ0n) is 7.15. The summed E-state index contributed by atoms with van der Waals surface area (Å²) in [6.07, 6.45) is 1.27. The van der Waals surface area contributed by atoms with Crippen LogP contribution in [0.5, 0.6) is 0 Å². The molecule has 1 heterocycles. The van der Waals surface area contributed by atoms with Crippen molar-refractivity contribution in [2.75, 3.05) is 0 Å². The Morgan fingerprint density at radius 3 is 2.67 bits per heavy atom. The second-order valence-electron chi connectivity index (χ2n) is 2.74. The maximum Gasteiger partial charge on any atom is 0.288 e. The highest BCUT2D eigenvalue weighted by Crippen LogP contribution is 2.31. The Labute approximate surface area is 93.8 Å². The second-order valence-corrected chi connectivity index (χ2v) is 3.51. The van der Waals surface area contributed by atoms with E-state index < -0.39 is 4.92 Å².